The van der Waals surface area contributed by atoms with Crippen LogP contribution in [-0.2, 0) is 24.1 Å². The zero-order chi connectivity index (χ0) is 14.9. The zero-order valence-electron chi connectivity index (χ0n) is 12.2. The first kappa shape index (κ1) is 14.2. The molecule has 112 valence electrons. The first-order valence-corrected chi connectivity index (χ1v) is 8.06. The largest absolute Gasteiger partial charge is 0.352 e. The highest BCUT2D eigenvalue weighted by Crippen LogP contribution is 2.28. The third-order valence-corrected chi connectivity index (χ3v) is 4.92. The van der Waals surface area contributed by atoms with E-state index in [1.807, 2.05) is 13.8 Å². The number of tetrazole rings is 1. The molecule has 1 amide bonds. The third kappa shape index (κ3) is 3.12. The Bertz CT molecular complexity index is 599. The summed E-state index contributed by atoms with van der Waals surface area (Å²) < 4.78 is 0. The number of carbonyl (C=O) groups excluding carboxylic acids is 1. The van der Waals surface area contributed by atoms with Crippen LogP contribution < -0.4 is 5.32 Å². The van der Waals surface area contributed by atoms with Crippen molar-refractivity contribution in [3.63, 3.8) is 0 Å². The summed E-state index contributed by atoms with van der Waals surface area (Å²) in [6, 6.07) is 0.236. The summed E-state index contributed by atoms with van der Waals surface area (Å²) in [6.45, 7) is 3.93. The maximum absolute atomic E-state index is 12.5. The van der Waals surface area contributed by atoms with Crippen molar-refractivity contribution < 1.29 is 4.79 Å². The maximum Gasteiger partial charge on any atom is 0.225 e. The summed E-state index contributed by atoms with van der Waals surface area (Å²) in [6.07, 6.45) is 3.25. The van der Waals surface area contributed by atoms with E-state index in [1.54, 1.807) is 11.3 Å². The van der Waals surface area contributed by atoms with E-state index in [0.717, 1.165) is 12.8 Å². The number of carbonyl (C=O) groups is 1. The molecule has 0 fully saturated rings. The molecular weight excluding hydrogens is 286 g/mol. The van der Waals surface area contributed by atoms with E-state index < -0.39 is 5.41 Å². The van der Waals surface area contributed by atoms with Crippen LogP contribution >= 0.6 is 11.3 Å². The lowest BCUT2D eigenvalue weighted by molar-refractivity contribution is -0.130. The molecule has 3 rings (SSSR count). The van der Waals surface area contributed by atoms with Crippen LogP contribution in [-0.4, -0.2) is 32.6 Å². The predicted molar refractivity (Wildman–Crippen MR) is 79.9 cm³/mol. The van der Waals surface area contributed by atoms with Crippen molar-refractivity contribution in [2.75, 3.05) is 0 Å². The number of aromatic amines is 1. The van der Waals surface area contributed by atoms with Gasteiger partial charge >= 0.3 is 0 Å². The molecule has 7 heteroatoms. The Morgan fingerprint density at radius 3 is 2.76 bits per heavy atom. The second kappa shape index (κ2) is 5.55. The number of aryl methyl sites for hydroxylation is 1. The Hall–Kier alpha value is -1.76. The average molecular weight is 305 g/mol. The van der Waals surface area contributed by atoms with Gasteiger partial charge in [0.1, 0.15) is 0 Å². The molecule has 0 saturated heterocycles. The van der Waals surface area contributed by atoms with Gasteiger partial charge in [0.25, 0.3) is 0 Å². The van der Waals surface area contributed by atoms with Crippen molar-refractivity contribution in [2.45, 2.75) is 45.6 Å². The summed E-state index contributed by atoms with van der Waals surface area (Å²) in [5.74, 6) is 0.753. The van der Waals surface area contributed by atoms with Gasteiger partial charge in [0, 0.05) is 17.9 Å². The third-order valence-electron chi connectivity index (χ3n) is 4.08. The Kier molecular flexibility index (Phi) is 3.75. The fourth-order valence-corrected chi connectivity index (χ4v) is 3.51. The van der Waals surface area contributed by atoms with Crippen LogP contribution in [0.2, 0.25) is 0 Å². The van der Waals surface area contributed by atoms with E-state index in [-0.39, 0.29) is 11.9 Å². The fraction of sp³-hybridized carbons (Fsp3) is 0.571. The predicted octanol–water partition coefficient (Wildman–Crippen LogP) is 1.50. The van der Waals surface area contributed by atoms with E-state index in [1.165, 1.54) is 11.1 Å². The quantitative estimate of drug-likeness (QED) is 0.877. The van der Waals surface area contributed by atoms with E-state index in [2.05, 4.69) is 36.7 Å². The zero-order valence-corrected chi connectivity index (χ0v) is 13.0. The average Bonchev–Trinajstić information content (AvgIpc) is 3.12. The molecule has 2 aromatic rings. The summed E-state index contributed by atoms with van der Waals surface area (Å²) in [5, 5.41) is 21.4. The van der Waals surface area contributed by atoms with Gasteiger partial charge in [-0.1, -0.05) is 19.1 Å². The number of H-pyrrole nitrogens is 1. The van der Waals surface area contributed by atoms with Gasteiger partial charge in [0.2, 0.25) is 5.91 Å². The first-order valence-electron chi connectivity index (χ1n) is 7.12. The molecule has 0 saturated carbocycles. The molecule has 1 aliphatic carbocycles. The van der Waals surface area contributed by atoms with Gasteiger partial charge in [-0.25, -0.2) is 0 Å². The van der Waals surface area contributed by atoms with Gasteiger partial charge < -0.3 is 5.32 Å². The van der Waals surface area contributed by atoms with Crippen LogP contribution in [0.4, 0.5) is 0 Å². The van der Waals surface area contributed by atoms with Gasteiger partial charge in [0.05, 0.1) is 0 Å². The van der Waals surface area contributed by atoms with Crippen LogP contribution in [0, 0.1) is 5.41 Å². The maximum atomic E-state index is 12.5. The SMILES string of the molecule is CC(C)(CCc1nn[nH]n1)C(=O)NC1Cc2cscc2C1. The molecule has 2 N–H and O–H groups in total. The number of aromatic nitrogens is 4. The van der Waals surface area contributed by atoms with E-state index in [9.17, 15) is 4.79 Å². The highest BCUT2D eigenvalue weighted by atomic mass is 32.1. The molecule has 0 atom stereocenters. The second-order valence-corrected chi connectivity index (χ2v) is 6.96. The number of amides is 1. The van der Waals surface area contributed by atoms with Gasteiger partial charge in [-0.05, 0) is 41.1 Å². The number of hydrogen-bond acceptors (Lipinski definition) is 5. The summed E-state index contributed by atoms with van der Waals surface area (Å²) >= 11 is 1.74. The van der Waals surface area contributed by atoms with Crippen molar-refractivity contribution in [1.29, 1.82) is 0 Å². The molecule has 0 unspecified atom stereocenters. The smallest absolute Gasteiger partial charge is 0.225 e. The Morgan fingerprint density at radius 2 is 2.14 bits per heavy atom. The molecule has 6 nitrogen and oxygen atoms in total. The molecule has 1 aliphatic rings. The van der Waals surface area contributed by atoms with Crippen molar-refractivity contribution in [1.82, 2.24) is 25.9 Å². The minimum atomic E-state index is -0.435. The monoisotopic (exact) mass is 305 g/mol. The molecule has 2 heterocycles. The van der Waals surface area contributed by atoms with Crippen LogP contribution in [0.3, 0.4) is 0 Å². The molecule has 0 spiro atoms. The Morgan fingerprint density at radius 1 is 1.43 bits per heavy atom. The minimum absolute atomic E-state index is 0.102. The van der Waals surface area contributed by atoms with Crippen LogP contribution in [0.15, 0.2) is 10.8 Å². The lowest BCUT2D eigenvalue weighted by Crippen LogP contribution is -2.43. The number of fused-ring (bicyclic) bond motifs is 1. The minimum Gasteiger partial charge on any atom is -0.352 e. The van der Waals surface area contributed by atoms with Crippen molar-refractivity contribution in [3.8, 4) is 0 Å². The van der Waals surface area contributed by atoms with E-state index in [4.69, 9.17) is 0 Å². The molecule has 0 aromatic carbocycles. The number of nitrogens with one attached hydrogen (secondary N) is 2. The molecule has 0 bridgehead atoms. The Labute approximate surface area is 127 Å². The lowest BCUT2D eigenvalue weighted by atomic mass is 9.86. The summed E-state index contributed by atoms with van der Waals surface area (Å²) in [4.78, 5) is 12.5. The van der Waals surface area contributed by atoms with Gasteiger partial charge in [-0.3, -0.25) is 4.79 Å². The molecular formula is C14H19N5OS. The van der Waals surface area contributed by atoms with Crippen molar-refractivity contribution >= 4 is 17.2 Å². The highest BCUT2D eigenvalue weighted by Gasteiger charge is 2.31. The van der Waals surface area contributed by atoms with Gasteiger partial charge in [-0.15, -0.1) is 10.2 Å². The first-order chi connectivity index (χ1) is 10.0. The highest BCUT2D eigenvalue weighted by molar-refractivity contribution is 7.08. The lowest BCUT2D eigenvalue weighted by Gasteiger charge is -2.25. The molecule has 0 aliphatic heterocycles. The Balaban J connectivity index is 1.53. The van der Waals surface area contributed by atoms with Gasteiger partial charge in [-0.2, -0.15) is 16.6 Å². The topological polar surface area (TPSA) is 83.6 Å². The molecule has 2 aromatic heterocycles. The number of rotatable bonds is 5. The summed E-state index contributed by atoms with van der Waals surface area (Å²) in [7, 11) is 0. The van der Waals surface area contributed by atoms with Gasteiger partial charge in [0.15, 0.2) is 5.82 Å². The van der Waals surface area contributed by atoms with Crippen LogP contribution in [0.5, 0.6) is 0 Å². The molecule has 0 radical (unpaired) electrons. The van der Waals surface area contributed by atoms with Crippen LogP contribution in [0.25, 0.3) is 0 Å². The number of thiophene rings is 1. The normalized spacial score (nSPS) is 15.1. The number of nitrogens with zero attached hydrogens (tertiary/aromatic N) is 3. The van der Waals surface area contributed by atoms with E-state index >= 15 is 0 Å². The summed E-state index contributed by atoms with van der Waals surface area (Å²) in [5.41, 5.74) is 2.33. The van der Waals surface area contributed by atoms with Crippen molar-refractivity contribution in [2.24, 2.45) is 5.41 Å². The van der Waals surface area contributed by atoms with E-state index in [0.29, 0.717) is 18.7 Å². The second-order valence-electron chi connectivity index (χ2n) is 6.21. The van der Waals surface area contributed by atoms with Crippen LogP contribution in [0.1, 0.15) is 37.2 Å². The fourth-order valence-electron chi connectivity index (χ4n) is 2.62. The van der Waals surface area contributed by atoms with Crippen molar-refractivity contribution in [3.05, 3.63) is 27.7 Å². The standard InChI is InChI=1S/C14H19N5OS/c1-14(2,4-3-12-16-18-19-17-12)13(20)15-11-5-9-7-21-8-10(9)6-11/h7-8,11H,3-6H2,1-2H3,(H,15,20)(H,16,17,18,19). The molecule has 21 heavy (non-hydrogen) atoms. The number of hydrogen-bond donors (Lipinski definition) is 2.